The smallest absolute Gasteiger partial charge is 0.0879 e. The summed E-state index contributed by atoms with van der Waals surface area (Å²) in [6, 6.07) is 32.9. The summed E-state index contributed by atoms with van der Waals surface area (Å²) in [7, 11) is -1.70. The minimum absolute atomic E-state index is 0.209. The van der Waals surface area contributed by atoms with Crippen molar-refractivity contribution in [1.29, 1.82) is 0 Å². The van der Waals surface area contributed by atoms with Gasteiger partial charge >= 0.3 is 0 Å². The average molecular weight is 399 g/mol. The quantitative estimate of drug-likeness (QED) is 0.264. The first kappa shape index (κ1) is 21.3. The lowest BCUT2D eigenvalue weighted by atomic mass is 9.98. The molecule has 0 nitrogen and oxygen atoms in total. The van der Waals surface area contributed by atoms with Crippen LogP contribution in [0.5, 0.6) is 0 Å². The van der Waals surface area contributed by atoms with Gasteiger partial charge in [0, 0.05) is 0 Å². The number of rotatable bonds is 9. The highest BCUT2D eigenvalue weighted by atomic mass is 28.3. The van der Waals surface area contributed by atoms with E-state index in [0.717, 1.165) is 19.3 Å². The van der Waals surface area contributed by atoms with Crippen LogP contribution in [0, 0.1) is 0 Å². The molecule has 1 heteroatoms. The third-order valence-electron chi connectivity index (χ3n) is 6.63. The Bertz CT molecular complexity index is 881. The Morgan fingerprint density at radius 3 is 1.72 bits per heavy atom. The molecule has 0 aliphatic carbocycles. The van der Waals surface area contributed by atoms with E-state index in [2.05, 4.69) is 123 Å². The SMILES string of the molecule is C[C@](/C=C/CCc1ccccc1)(CCc1ccccc1)[Si](C)(C)c1ccccc1. The Balaban J connectivity index is 1.79. The summed E-state index contributed by atoms with van der Waals surface area (Å²) in [5.41, 5.74) is 2.86. The van der Waals surface area contributed by atoms with Gasteiger partial charge in [-0.3, -0.25) is 0 Å². The number of benzene rings is 3. The molecule has 0 heterocycles. The fraction of sp³-hybridized carbons (Fsp3) is 0.286. The maximum Gasteiger partial charge on any atom is 0.0901 e. The maximum absolute atomic E-state index is 2.55. The molecule has 0 saturated heterocycles. The van der Waals surface area contributed by atoms with Crippen molar-refractivity contribution in [2.45, 2.75) is 50.7 Å². The van der Waals surface area contributed by atoms with Crippen LogP contribution in [0.2, 0.25) is 18.1 Å². The van der Waals surface area contributed by atoms with Crippen molar-refractivity contribution in [3.05, 3.63) is 114 Å². The van der Waals surface area contributed by atoms with Gasteiger partial charge in [-0.25, -0.2) is 0 Å². The first-order valence-corrected chi connectivity index (χ1v) is 13.8. The normalized spacial score (nSPS) is 14.0. The topological polar surface area (TPSA) is 0 Å². The van der Waals surface area contributed by atoms with Crippen LogP contribution in [-0.2, 0) is 12.8 Å². The van der Waals surface area contributed by atoms with Gasteiger partial charge in [-0.2, -0.15) is 0 Å². The minimum Gasteiger partial charge on any atom is -0.0879 e. The van der Waals surface area contributed by atoms with E-state index in [-0.39, 0.29) is 5.04 Å². The van der Waals surface area contributed by atoms with Gasteiger partial charge in [0.05, 0.1) is 8.07 Å². The van der Waals surface area contributed by atoms with E-state index in [1.165, 1.54) is 17.5 Å². The fourth-order valence-electron chi connectivity index (χ4n) is 4.08. The predicted molar refractivity (Wildman–Crippen MR) is 131 cm³/mol. The highest BCUT2D eigenvalue weighted by Gasteiger charge is 2.41. The molecule has 150 valence electrons. The Labute approximate surface area is 178 Å². The molecular formula is C28H34Si. The Morgan fingerprint density at radius 1 is 0.690 bits per heavy atom. The summed E-state index contributed by atoms with van der Waals surface area (Å²) in [6.45, 7) is 7.57. The zero-order valence-electron chi connectivity index (χ0n) is 18.1. The third kappa shape index (κ3) is 5.58. The second-order valence-electron chi connectivity index (χ2n) is 8.82. The Hall–Kier alpha value is -2.38. The molecule has 29 heavy (non-hydrogen) atoms. The minimum atomic E-state index is -1.70. The highest BCUT2D eigenvalue weighted by molar-refractivity contribution is 6.92. The van der Waals surface area contributed by atoms with Gasteiger partial charge in [-0.05, 0) is 41.8 Å². The lowest BCUT2D eigenvalue weighted by molar-refractivity contribution is 0.644. The summed E-state index contributed by atoms with van der Waals surface area (Å²) >= 11 is 0. The number of hydrogen-bond donors (Lipinski definition) is 0. The van der Waals surface area contributed by atoms with Crippen molar-refractivity contribution in [2.24, 2.45) is 0 Å². The van der Waals surface area contributed by atoms with Gasteiger partial charge in [0.15, 0.2) is 0 Å². The van der Waals surface area contributed by atoms with Gasteiger partial charge in [-0.1, -0.05) is 128 Å². The Morgan fingerprint density at radius 2 is 1.17 bits per heavy atom. The summed E-state index contributed by atoms with van der Waals surface area (Å²) in [5, 5.41) is 1.75. The fourth-order valence-corrected chi connectivity index (χ4v) is 7.05. The summed E-state index contributed by atoms with van der Waals surface area (Å²) < 4.78 is 0. The van der Waals surface area contributed by atoms with Crippen molar-refractivity contribution < 1.29 is 0 Å². The molecule has 3 rings (SSSR count). The molecule has 0 spiro atoms. The van der Waals surface area contributed by atoms with Gasteiger partial charge in [0.25, 0.3) is 0 Å². The molecule has 3 aromatic carbocycles. The lowest BCUT2D eigenvalue weighted by Gasteiger charge is -2.42. The monoisotopic (exact) mass is 398 g/mol. The van der Waals surface area contributed by atoms with Gasteiger partial charge < -0.3 is 0 Å². The summed E-state index contributed by atoms with van der Waals surface area (Å²) in [5.74, 6) is 0. The standard InChI is InChI=1S/C28H34Si/c1-28(24-22-26-17-9-5-10-18-26,29(2,3)27-20-11-6-12-21-27)23-14-13-19-25-15-7-4-8-16-25/h4-12,14-18,20-21,23H,13,19,22,24H2,1-3H3/b23-14+/t28-/m0/s1. The van der Waals surface area contributed by atoms with E-state index in [0.29, 0.717) is 0 Å². The first-order chi connectivity index (χ1) is 14.0. The molecule has 0 fully saturated rings. The second kappa shape index (κ2) is 9.89. The third-order valence-corrected chi connectivity index (χ3v) is 11.7. The predicted octanol–water partition coefficient (Wildman–Crippen LogP) is 7.18. The molecule has 0 unspecified atom stereocenters. The molecule has 0 saturated carbocycles. The van der Waals surface area contributed by atoms with E-state index in [9.17, 15) is 0 Å². The van der Waals surface area contributed by atoms with E-state index in [4.69, 9.17) is 0 Å². The van der Waals surface area contributed by atoms with Crippen LogP contribution in [0.25, 0.3) is 0 Å². The largest absolute Gasteiger partial charge is 0.0901 e. The molecular weight excluding hydrogens is 364 g/mol. The molecule has 0 bridgehead atoms. The van der Waals surface area contributed by atoms with Crippen LogP contribution >= 0.6 is 0 Å². The average Bonchev–Trinajstić information content (AvgIpc) is 2.77. The molecule has 0 amide bonds. The van der Waals surface area contributed by atoms with Crippen LogP contribution in [0.15, 0.2) is 103 Å². The van der Waals surface area contributed by atoms with Gasteiger partial charge in [0.1, 0.15) is 0 Å². The lowest BCUT2D eigenvalue weighted by Crippen LogP contribution is -2.51. The second-order valence-corrected chi connectivity index (χ2v) is 13.8. The van der Waals surface area contributed by atoms with Crippen LogP contribution in [-0.4, -0.2) is 8.07 Å². The molecule has 3 aromatic rings. The Kier molecular flexibility index (Phi) is 7.27. The molecule has 0 aliphatic rings. The van der Waals surface area contributed by atoms with Crippen LogP contribution in [0.1, 0.15) is 30.9 Å². The van der Waals surface area contributed by atoms with Gasteiger partial charge in [-0.15, -0.1) is 0 Å². The number of allylic oxidation sites excluding steroid dienone is 2. The van der Waals surface area contributed by atoms with Crippen molar-refractivity contribution in [3.8, 4) is 0 Å². The first-order valence-electron chi connectivity index (χ1n) is 10.8. The molecule has 0 aromatic heterocycles. The van der Waals surface area contributed by atoms with Crippen molar-refractivity contribution in [1.82, 2.24) is 0 Å². The van der Waals surface area contributed by atoms with E-state index >= 15 is 0 Å². The molecule has 1 atom stereocenters. The van der Waals surface area contributed by atoms with Crippen molar-refractivity contribution in [3.63, 3.8) is 0 Å². The molecule has 0 radical (unpaired) electrons. The van der Waals surface area contributed by atoms with E-state index in [1.54, 1.807) is 5.19 Å². The maximum atomic E-state index is 2.55. The number of hydrogen-bond acceptors (Lipinski definition) is 0. The zero-order valence-corrected chi connectivity index (χ0v) is 19.1. The van der Waals surface area contributed by atoms with Crippen molar-refractivity contribution in [2.75, 3.05) is 0 Å². The van der Waals surface area contributed by atoms with Crippen LogP contribution < -0.4 is 5.19 Å². The van der Waals surface area contributed by atoms with Crippen LogP contribution in [0.4, 0.5) is 0 Å². The van der Waals surface area contributed by atoms with E-state index in [1.807, 2.05) is 0 Å². The highest BCUT2D eigenvalue weighted by Crippen LogP contribution is 2.43. The summed E-state index contributed by atoms with van der Waals surface area (Å²) in [6.07, 6.45) is 9.52. The van der Waals surface area contributed by atoms with Crippen LogP contribution in [0.3, 0.4) is 0 Å². The van der Waals surface area contributed by atoms with E-state index < -0.39 is 8.07 Å². The number of aryl methyl sites for hydroxylation is 2. The summed E-state index contributed by atoms with van der Waals surface area (Å²) in [4.78, 5) is 0. The molecule has 0 N–H and O–H groups in total. The van der Waals surface area contributed by atoms with Gasteiger partial charge in [0.2, 0.25) is 0 Å². The molecule has 0 aliphatic heterocycles. The zero-order chi connectivity index (χ0) is 20.6. The van der Waals surface area contributed by atoms with Crippen molar-refractivity contribution >= 4 is 13.3 Å².